The first kappa shape index (κ1) is 16.0. The van der Waals surface area contributed by atoms with Crippen LogP contribution in [0.1, 0.15) is 44.8 Å². The number of aromatic amines is 1. The number of rotatable bonds is 5. The van der Waals surface area contributed by atoms with Gasteiger partial charge < -0.3 is 5.32 Å². The van der Waals surface area contributed by atoms with Crippen molar-refractivity contribution in [2.45, 2.75) is 39.3 Å². The number of hydrogen-bond donors (Lipinski definition) is 2. The summed E-state index contributed by atoms with van der Waals surface area (Å²) in [5.41, 5.74) is -0.0150. The number of hydrogen-bond acceptors (Lipinski definition) is 3. The van der Waals surface area contributed by atoms with Crippen LogP contribution in [-0.2, 0) is 0 Å². The number of halogens is 1. The van der Waals surface area contributed by atoms with Crippen molar-refractivity contribution in [1.82, 2.24) is 9.55 Å². The first-order valence-corrected chi connectivity index (χ1v) is 7.30. The fraction of sp³-hybridized carbons (Fsp3) is 0.375. The van der Waals surface area contributed by atoms with Crippen molar-refractivity contribution in [3.05, 3.63) is 62.6 Å². The normalized spacial score (nSPS) is 13.6. The maximum absolute atomic E-state index is 13.0. The summed E-state index contributed by atoms with van der Waals surface area (Å²) in [6.07, 6.45) is 0.756. The van der Waals surface area contributed by atoms with Gasteiger partial charge in [-0.1, -0.05) is 19.1 Å². The lowest BCUT2D eigenvalue weighted by atomic mass is 10.1. The third-order valence-corrected chi connectivity index (χ3v) is 3.74. The molecule has 0 fully saturated rings. The first-order valence-electron chi connectivity index (χ1n) is 7.30. The van der Waals surface area contributed by atoms with E-state index >= 15 is 0 Å². The molecule has 6 heteroatoms. The largest absolute Gasteiger partial charge is 0.365 e. The van der Waals surface area contributed by atoms with Gasteiger partial charge in [0.2, 0.25) is 0 Å². The minimum absolute atomic E-state index is 0.0488. The lowest BCUT2D eigenvalue weighted by Crippen LogP contribution is -2.33. The second-order valence-electron chi connectivity index (χ2n) is 5.37. The molecule has 2 N–H and O–H groups in total. The van der Waals surface area contributed by atoms with E-state index in [0.717, 1.165) is 12.0 Å². The van der Waals surface area contributed by atoms with E-state index in [4.69, 9.17) is 0 Å². The molecule has 2 aromatic rings. The van der Waals surface area contributed by atoms with Crippen LogP contribution < -0.4 is 16.6 Å². The van der Waals surface area contributed by atoms with Crippen molar-refractivity contribution in [1.29, 1.82) is 0 Å². The summed E-state index contributed by atoms with van der Waals surface area (Å²) in [6.45, 7) is 5.77. The molecule has 0 unspecified atom stereocenters. The molecule has 0 saturated carbocycles. The Labute approximate surface area is 127 Å². The zero-order chi connectivity index (χ0) is 16.3. The summed E-state index contributed by atoms with van der Waals surface area (Å²) in [5.74, 6) is 0.156. The number of nitrogens with one attached hydrogen (secondary N) is 2. The van der Waals surface area contributed by atoms with E-state index in [0.29, 0.717) is 5.82 Å². The lowest BCUT2D eigenvalue weighted by Gasteiger charge is -2.22. The van der Waals surface area contributed by atoms with Gasteiger partial charge in [-0.3, -0.25) is 14.3 Å². The molecule has 22 heavy (non-hydrogen) atoms. The molecule has 0 aliphatic heterocycles. The molecular formula is C16H20FN3O2. The van der Waals surface area contributed by atoms with Crippen molar-refractivity contribution >= 4 is 5.82 Å². The van der Waals surface area contributed by atoms with Gasteiger partial charge in [-0.05, 0) is 38.0 Å². The predicted octanol–water partition coefficient (Wildman–Crippen LogP) is 2.82. The molecule has 2 atom stereocenters. The van der Waals surface area contributed by atoms with E-state index in [-0.39, 0.29) is 17.9 Å². The summed E-state index contributed by atoms with van der Waals surface area (Å²) in [6, 6.07) is 7.26. The minimum atomic E-state index is -0.446. The Hall–Kier alpha value is -2.37. The van der Waals surface area contributed by atoms with Crippen LogP contribution in [0, 0.1) is 5.82 Å². The van der Waals surface area contributed by atoms with E-state index in [1.807, 2.05) is 20.8 Å². The molecule has 0 bridgehead atoms. The van der Waals surface area contributed by atoms with Crippen LogP contribution in [0.15, 0.2) is 39.9 Å². The zero-order valence-electron chi connectivity index (χ0n) is 12.9. The molecule has 0 spiro atoms. The van der Waals surface area contributed by atoms with Gasteiger partial charge in [0.25, 0.3) is 5.56 Å². The number of anilines is 1. The van der Waals surface area contributed by atoms with Crippen molar-refractivity contribution in [2.24, 2.45) is 0 Å². The summed E-state index contributed by atoms with van der Waals surface area (Å²) in [4.78, 5) is 25.9. The van der Waals surface area contributed by atoms with E-state index in [9.17, 15) is 14.0 Å². The fourth-order valence-electron chi connectivity index (χ4n) is 2.29. The Morgan fingerprint density at radius 2 is 1.86 bits per heavy atom. The Morgan fingerprint density at radius 3 is 2.45 bits per heavy atom. The van der Waals surface area contributed by atoms with Crippen molar-refractivity contribution < 1.29 is 4.39 Å². The van der Waals surface area contributed by atoms with Gasteiger partial charge in [-0.25, -0.2) is 9.18 Å². The molecule has 0 saturated heterocycles. The van der Waals surface area contributed by atoms with Gasteiger partial charge in [-0.15, -0.1) is 0 Å². The second kappa shape index (κ2) is 6.60. The molecule has 1 aromatic heterocycles. The molecule has 2 rings (SSSR count). The van der Waals surface area contributed by atoms with Crippen LogP contribution in [0.3, 0.4) is 0 Å². The molecule has 0 radical (unpaired) electrons. The number of H-pyrrole nitrogens is 1. The van der Waals surface area contributed by atoms with Crippen LogP contribution in [0.2, 0.25) is 0 Å². The summed E-state index contributed by atoms with van der Waals surface area (Å²) in [7, 11) is 0. The van der Waals surface area contributed by atoms with Crippen LogP contribution in [0.5, 0.6) is 0 Å². The summed E-state index contributed by atoms with van der Waals surface area (Å²) >= 11 is 0. The molecule has 5 nitrogen and oxygen atoms in total. The van der Waals surface area contributed by atoms with Crippen LogP contribution in [-0.4, -0.2) is 9.55 Å². The first-order chi connectivity index (χ1) is 10.4. The number of nitrogens with zero attached hydrogens (tertiary/aromatic N) is 1. The highest BCUT2D eigenvalue weighted by Crippen LogP contribution is 2.20. The third-order valence-electron chi connectivity index (χ3n) is 3.74. The molecule has 0 aliphatic rings. The highest BCUT2D eigenvalue weighted by molar-refractivity contribution is 5.38. The Morgan fingerprint density at radius 1 is 1.23 bits per heavy atom. The number of benzene rings is 1. The van der Waals surface area contributed by atoms with Crippen molar-refractivity contribution in [3.63, 3.8) is 0 Å². The number of aromatic nitrogens is 2. The van der Waals surface area contributed by atoms with Crippen LogP contribution in [0.4, 0.5) is 10.2 Å². The van der Waals surface area contributed by atoms with Crippen molar-refractivity contribution in [3.8, 4) is 0 Å². The monoisotopic (exact) mass is 305 g/mol. The maximum atomic E-state index is 13.0. The molecule has 118 valence electrons. The Balaban J connectivity index is 2.38. The van der Waals surface area contributed by atoms with E-state index < -0.39 is 11.2 Å². The Kier molecular flexibility index (Phi) is 4.80. The van der Waals surface area contributed by atoms with Gasteiger partial charge in [0, 0.05) is 18.2 Å². The van der Waals surface area contributed by atoms with Gasteiger partial charge in [0.1, 0.15) is 11.6 Å². The SMILES string of the molecule is CC[C@H](C)n1c(N[C@@H](C)c2ccc(F)cc2)cc(=O)[nH]c1=O. The minimum Gasteiger partial charge on any atom is -0.365 e. The average Bonchev–Trinajstić information content (AvgIpc) is 2.46. The molecular weight excluding hydrogens is 285 g/mol. The molecule has 0 amide bonds. The van der Waals surface area contributed by atoms with Crippen LogP contribution >= 0.6 is 0 Å². The van der Waals surface area contributed by atoms with Gasteiger partial charge in [-0.2, -0.15) is 0 Å². The van der Waals surface area contributed by atoms with Gasteiger partial charge in [0.15, 0.2) is 0 Å². The highest BCUT2D eigenvalue weighted by Gasteiger charge is 2.14. The zero-order valence-corrected chi connectivity index (χ0v) is 12.9. The Bertz CT molecular complexity index is 749. The molecule has 1 heterocycles. The third kappa shape index (κ3) is 3.44. The van der Waals surface area contributed by atoms with E-state index in [1.165, 1.54) is 22.8 Å². The van der Waals surface area contributed by atoms with Crippen LogP contribution in [0.25, 0.3) is 0 Å². The fourth-order valence-corrected chi connectivity index (χ4v) is 2.29. The second-order valence-corrected chi connectivity index (χ2v) is 5.37. The predicted molar refractivity (Wildman–Crippen MR) is 84.8 cm³/mol. The molecule has 1 aromatic carbocycles. The quantitative estimate of drug-likeness (QED) is 0.892. The lowest BCUT2D eigenvalue weighted by molar-refractivity contribution is 0.505. The van der Waals surface area contributed by atoms with Crippen molar-refractivity contribution in [2.75, 3.05) is 5.32 Å². The topological polar surface area (TPSA) is 66.9 Å². The maximum Gasteiger partial charge on any atom is 0.330 e. The summed E-state index contributed by atoms with van der Waals surface area (Å²) < 4.78 is 14.5. The summed E-state index contributed by atoms with van der Waals surface area (Å²) in [5, 5.41) is 3.16. The van der Waals surface area contributed by atoms with E-state index in [1.54, 1.807) is 12.1 Å². The molecule has 0 aliphatic carbocycles. The van der Waals surface area contributed by atoms with E-state index in [2.05, 4.69) is 10.3 Å². The smallest absolute Gasteiger partial charge is 0.330 e. The van der Waals surface area contributed by atoms with Gasteiger partial charge >= 0.3 is 5.69 Å². The van der Waals surface area contributed by atoms with Gasteiger partial charge in [0.05, 0.1) is 0 Å². The highest BCUT2D eigenvalue weighted by atomic mass is 19.1. The average molecular weight is 305 g/mol. The standard InChI is InChI=1S/C16H20FN3O2/c1-4-10(2)20-14(9-15(21)19-16(20)22)18-11(3)12-5-7-13(17)8-6-12/h5-11,18H,4H2,1-3H3,(H,19,21,22)/t10-,11-/m0/s1.